The number of benzene rings is 6. The highest BCUT2D eigenvalue weighted by molar-refractivity contribution is 6.31. The van der Waals surface area contributed by atoms with Crippen molar-refractivity contribution in [1.82, 2.24) is 29.9 Å². The highest BCUT2D eigenvalue weighted by Crippen LogP contribution is 2.40. The number of halogens is 3. The van der Waals surface area contributed by atoms with Crippen LogP contribution in [0.3, 0.4) is 0 Å². The second-order valence-corrected chi connectivity index (χ2v) is 14.4. The number of aromatic nitrogens is 6. The van der Waals surface area contributed by atoms with E-state index < -0.39 is 0 Å². The lowest BCUT2D eigenvalue weighted by Gasteiger charge is -2.28. The summed E-state index contributed by atoms with van der Waals surface area (Å²) in [6.45, 7) is 1.10. The van der Waals surface area contributed by atoms with E-state index in [0.29, 0.717) is 47.6 Å². The Hall–Kier alpha value is -6.99. The number of anilines is 9. The minimum absolute atomic E-state index is 0.000383. The second kappa shape index (κ2) is 18.9. The average Bonchev–Trinajstić information content (AvgIpc) is 3.29. The SMILES string of the molecule is COc1ccc(N(c2cccc(N(c3ccc(OC)cc3)c3nc(Cl)nc(N(Cc4ccccc4)c4cccc(NCc5ccccc5)c4)n3)c2)c2nc(Cl)nc(Cl)n2)cc1. The summed E-state index contributed by atoms with van der Waals surface area (Å²) in [4.78, 5) is 33.2. The molecule has 0 unspecified atom stereocenters. The van der Waals surface area contributed by atoms with Gasteiger partial charge < -0.3 is 19.7 Å². The summed E-state index contributed by atoms with van der Waals surface area (Å²) < 4.78 is 11.0. The van der Waals surface area contributed by atoms with E-state index in [1.165, 1.54) is 5.56 Å². The maximum absolute atomic E-state index is 6.88. The molecule has 2 heterocycles. The van der Waals surface area contributed by atoms with Gasteiger partial charge in [0.15, 0.2) is 0 Å². The molecule has 0 atom stereocenters. The van der Waals surface area contributed by atoms with E-state index in [9.17, 15) is 0 Å². The van der Waals surface area contributed by atoms with Crippen LogP contribution in [0, 0.1) is 0 Å². The molecule has 1 N–H and O–H groups in total. The van der Waals surface area contributed by atoms with Crippen LogP contribution < -0.4 is 29.5 Å². The highest BCUT2D eigenvalue weighted by atomic mass is 35.5. The van der Waals surface area contributed by atoms with Crippen LogP contribution in [0.15, 0.2) is 158 Å². The monoisotopic (exact) mass is 866 g/mol. The van der Waals surface area contributed by atoms with Crippen LogP contribution in [0.4, 0.5) is 52.0 Å². The molecule has 0 fully saturated rings. The fraction of sp³-hybridized carbons (Fsp3) is 0.0870. The molecule has 0 aliphatic heterocycles. The van der Waals surface area contributed by atoms with Crippen LogP contribution in [0.25, 0.3) is 0 Å². The molecular formula is C46H37Cl3N10O2. The Labute approximate surface area is 368 Å². The third-order valence-corrected chi connectivity index (χ3v) is 9.99. The first-order valence-electron chi connectivity index (χ1n) is 19.0. The van der Waals surface area contributed by atoms with E-state index in [2.05, 4.69) is 50.6 Å². The van der Waals surface area contributed by atoms with Gasteiger partial charge in [0.05, 0.1) is 32.1 Å². The summed E-state index contributed by atoms with van der Waals surface area (Å²) in [5.41, 5.74) is 6.73. The summed E-state index contributed by atoms with van der Waals surface area (Å²) in [6.07, 6.45) is 0. The fourth-order valence-electron chi connectivity index (χ4n) is 6.59. The molecule has 304 valence electrons. The van der Waals surface area contributed by atoms with Crippen LogP contribution in [0.5, 0.6) is 11.5 Å². The van der Waals surface area contributed by atoms with Gasteiger partial charge in [-0.3, -0.25) is 9.80 Å². The smallest absolute Gasteiger partial charge is 0.240 e. The van der Waals surface area contributed by atoms with Crippen LogP contribution in [0.1, 0.15) is 11.1 Å². The van der Waals surface area contributed by atoms with Crippen molar-refractivity contribution < 1.29 is 9.47 Å². The number of nitrogens with one attached hydrogen (secondary N) is 1. The van der Waals surface area contributed by atoms with E-state index in [4.69, 9.17) is 59.2 Å². The normalized spacial score (nSPS) is 10.8. The third kappa shape index (κ3) is 9.90. The molecule has 8 aromatic rings. The van der Waals surface area contributed by atoms with Gasteiger partial charge in [-0.2, -0.15) is 29.9 Å². The number of hydrogen-bond donors (Lipinski definition) is 1. The topological polar surface area (TPSA) is 118 Å². The van der Waals surface area contributed by atoms with Gasteiger partial charge in [-0.1, -0.05) is 72.8 Å². The number of hydrogen-bond acceptors (Lipinski definition) is 12. The summed E-state index contributed by atoms with van der Waals surface area (Å²) >= 11 is 19.5. The molecule has 0 aliphatic carbocycles. The van der Waals surface area contributed by atoms with Crippen molar-refractivity contribution in [3.63, 3.8) is 0 Å². The van der Waals surface area contributed by atoms with Gasteiger partial charge in [-0.25, -0.2) is 0 Å². The Morgan fingerprint density at radius 2 is 0.918 bits per heavy atom. The lowest BCUT2D eigenvalue weighted by molar-refractivity contribution is 0.414. The zero-order valence-electron chi connectivity index (χ0n) is 32.9. The van der Waals surface area contributed by atoms with Crippen molar-refractivity contribution >= 4 is 86.8 Å². The van der Waals surface area contributed by atoms with Crippen LogP contribution >= 0.6 is 34.8 Å². The minimum Gasteiger partial charge on any atom is -0.497 e. The summed E-state index contributed by atoms with van der Waals surface area (Å²) in [6, 6.07) is 51.2. The van der Waals surface area contributed by atoms with Crippen molar-refractivity contribution in [3.05, 3.63) is 185 Å². The van der Waals surface area contributed by atoms with Crippen LogP contribution in [-0.4, -0.2) is 44.1 Å². The van der Waals surface area contributed by atoms with E-state index in [0.717, 1.165) is 22.6 Å². The molecule has 0 bridgehead atoms. The molecule has 61 heavy (non-hydrogen) atoms. The van der Waals surface area contributed by atoms with Crippen molar-refractivity contribution in [2.75, 3.05) is 34.2 Å². The molecule has 6 aromatic carbocycles. The molecule has 0 radical (unpaired) electrons. The highest BCUT2D eigenvalue weighted by Gasteiger charge is 2.24. The molecule has 0 saturated heterocycles. The molecule has 12 nitrogen and oxygen atoms in total. The first kappa shape index (κ1) is 40.8. The first-order chi connectivity index (χ1) is 29.8. The standard InChI is InChI=1S/C46H37Cl3N10O2/c1-60-39-23-19-34(20-24-39)58(45-53-41(47)51-42(48)54-45)37-17-10-18-38(28-37)59(35-21-25-40(61-2)26-22-35)46-55-43(49)52-44(56-46)57(30-32-13-7-4-8-14-32)36-16-9-15-33(27-36)50-29-31-11-5-3-6-12-31/h3-28,50H,29-30H2,1-2H3. The second-order valence-electron chi connectivity index (χ2n) is 13.4. The fourth-order valence-corrected chi connectivity index (χ4v) is 7.09. The zero-order valence-corrected chi connectivity index (χ0v) is 35.2. The Morgan fingerprint density at radius 3 is 1.48 bits per heavy atom. The van der Waals surface area contributed by atoms with Crippen molar-refractivity contribution in [2.24, 2.45) is 0 Å². The van der Waals surface area contributed by atoms with Crippen molar-refractivity contribution in [1.29, 1.82) is 0 Å². The van der Waals surface area contributed by atoms with Gasteiger partial charge in [0.25, 0.3) is 0 Å². The third-order valence-electron chi connectivity index (χ3n) is 9.48. The molecule has 15 heteroatoms. The maximum atomic E-state index is 6.88. The molecule has 0 amide bonds. The van der Waals surface area contributed by atoms with E-state index in [-0.39, 0.29) is 27.7 Å². The number of methoxy groups -OCH3 is 2. The Kier molecular flexibility index (Phi) is 12.7. The summed E-state index contributed by atoms with van der Waals surface area (Å²) in [5, 5.41) is 3.43. The first-order valence-corrected chi connectivity index (χ1v) is 20.1. The van der Waals surface area contributed by atoms with Gasteiger partial charge in [0.1, 0.15) is 11.5 Å². The van der Waals surface area contributed by atoms with Gasteiger partial charge in [-0.05, 0) is 131 Å². The average molecular weight is 868 g/mol. The molecular weight excluding hydrogens is 831 g/mol. The van der Waals surface area contributed by atoms with Crippen LogP contribution in [-0.2, 0) is 13.1 Å². The lowest BCUT2D eigenvalue weighted by Crippen LogP contribution is -2.22. The predicted octanol–water partition coefficient (Wildman–Crippen LogP) is 11.9. The molecule has 0 spiro atoms. The Morgan fingerprint density at radius 1 is 0.443 bits per heavy atom. The Bertz CT molecular complexity index is 2700. The van der Waals surface area contributed by atoms with Crippen molar-refractivity contribution in [2.45, 2.75) is 13.1 Å². The minimum atomic E-state index is -0.0607. The number of ether oxygens (including phenoxy) is 2. The van der Waals surface area contributed by atoms with Gasteiger partial charge in [0, 0.05) is 29.3 Å². The largest absolute Gasteiger partial charge is 0.497 e. The molecule has 2 aromatic heterocycles. The molecule has 8 rings (SSSR count). The lowest BCUT2D eigenvalue weighted by atomic mass is 10.2. The number of nitrogens with zero attached hydrogens (tertiary/aromatic N) is 9. The summed E-state index contributed by atoms with van der Waals surface area (Å²) in [5.74, 6) is 2.15. The zero-order chi connectivity index (χ0) is 42.1. The Balaban J connectivity index is 1.25. The molecule has 0 aliphatic rings. The van der Waals surface area contributed by atoms with Gasteiger partial charge in [-0.15, -0.1) is 0 Å². The van der Waals surface area contributed by atoms with E-state index in [1.807, 2.05) is 137 Å². The quantitative estimate of drug-likeness (QED) is 0.106. The van der Waals surface area contributed by atoms with Crippen LogP contribution in [0.2, 0.25) is 15.9 Å². The number of rotatable bonds is 15. The van der Waals surface area contributed by atoms with Gasteiger partial charge in [0.2, 0.25) is 33.7 Å². The van der Waals surface area contributed by atoms with Crippen molar-refractivity contribution in [3.8, 4) is 11.5 Å². The summed E-state index contributed by atoms with van der Waals surface area (Å²) in [7, 11) is 3.23. The molecule has 0 saturated carbocycles. The van der Waals surface area contributed by atoms with E-state index in [1.54, 1.807) is 19.1 Å². The predicted molar refractivity (Wildman–Crippen MR) is 243 cm³/mol. The maximum Gasteiger partial charge on any atom is 0.240 e. The van der Waals surface area contributed by atoms with E-state index >= 15 is 0 Å². The van der Waals surface area contributed by atoms with Gasteiger partial charge >= 0.3 is 0 Å².